The van der Waals surface area contributed by atoms with Gasteiger partial charge in [-0.05, 0) is 29.8 Å². The molecule has 0 aliphatic rings. The Morgan fingerprint density at radius 3 is 2.57 bits per heavy atom. The van der Waals surface area contributed by atoms with Crippen molar-refractivity contribution in [2.45, 2.75) is 0 Å². The molecule has 0 spiro atoms. The van der Waals surface area contributed by atoms with Crippen molar-refractivity contribution >= 4 is 17.8 Å². The lowest BCUT2D eigenvalue weighted by Gasteiger charge is -2.05. The zero-order valence-electron chi connectivity index (χ0n) is 12.1. The molecule has 8 heteroatoms. The number of hydrogen-bond acceptors (Lipinski definition) is 6. The summed E-state index contributed by atoms with van der Waals surface area (Å²) in [7, 11) is 1.45. The van der Waals surface area contributed by atoms with Crippen LogP contribution in [0.1, 0.15) is 15.9 Å². The van der Waals surface area contributed by atoms with Gasteiger partial charge in [0.2, 0.25) is 0 Å². The maximum Gasteiger partial charge on any atom is 0.275 e. The van der Waals surface area contributed by atoms with Crippen LogP contribution >= 0.6 is 0 Å². The van der Waals surface area contributed by atoms with E-state index in [0.29, 0.717) is 11.3 Å². The van der Waals surface area contributed by atoms with Crippen molar-refractivity contribution in [3.63, 3.8) is 0 Å². The Balaban J connectivity index is 2.02. The fourth-order valence-electron chi connectivity index (χ4n) is 1.74. The second-order valence-corrected chi connectivity index (χ2v) is 4.43. The van der Waals surface area contributed by atoms with Crippen LogP contribution in [0.3, 0.4) is 0 Å². The van der Waals surface area contributed by atoms with Gasteiger partial charge in [0.05, 0.1) is 23.8 Å². The molecule has 1 amide bonds. The summed E-state index contributed by atoms with van der Waals surface area (Å²) in [6, 6.07) is 9.92. The smallest absolute Gasteiger partial charge is 0.275 e. The summed E-state index contributed by atoms with van der Waals surface area (Å²) in [4.78, 5) is 21.9. The van der Waals surface area contributed by atoms with Crippen LogP contribution in [0.2, 0.25) is 0 Å². The first kappa shape index (κ1) is 16.0. The quantitative estimate of drug-likeness (QED) is 0.498. The average molecular weight is 315 g/mol. The van der Waals surface area contributed by atoms with Gasteiger partial charge in [0, 0.05) is 18.2 Å². The first-order chi connectivity index (χ1) is 11.0. The summed E-state index contributed by atoms with van der Waals surface area (Å²) in [6.45, 7) is 0. The average Bonchev–Trinajstić information content (AvgIpc) is 2.55. The number of nitro groups is 1. The number of ether oxygens (including phenoxy) is 1. The van der Waals surface area contributed by atoms with E-state index >= 15 is 0 Å². The molecular formula is C15H13N3O5. The second kappa shape index (κ2) is 7.03. The molecule has 0 aliphatic carbocycles. The summed E-state index contributed by atoms with van der Waals surface area (Å²) in [5.41, 5.74) is 2.85. The predicted molar refractivity (Wildman–Crippen MR) is 82.8 cm³/mol. The lowest BCUT2D eigenvalue weighted by Crippen LogP contribution is -2.17. The van der Waals surface area contributed by atoms with Gasteiger partial charge in [0.1, 0.15) is 11.5 Å². The number of phenols is 1. The highest BCUT2D eigenvalue weighted by Crippen LogP contribution is 2.23. The monoisotopic (exact) mass is 315 g/mol. The number of nitrogens with zero attached hydrogens (tertiary/aromatic N) is 2. The zero-order chi connectivity index (χ0) is 16.8. The molecule has 0 atom stereocenters. The molecular weight excluding hydrogens is 302 g/mol. The Kier molecular flexibility index (Phi) is 4.88. The normalized spacial score (nSPS) is 10.5. The van der Waals surface area contributed by atoms with Crippen molar-refractivity contribution in [1.29, 1.82) is 0 Å². The van der Waals surface area contributed by atoms with Crippen LogP contribution in [0.15, 0.2) is 47.6 Å². The van der Waals surface area contributed by atoms with Gasteiger partial charge in [-0.2, -0.15) is 5.10 Å². The number of benzene rings is 2. The van der Waals surface area contributed by atoms with Crippen LogP contribution in [0.25, 0.3) is 0 Å². The highest BCUT2D eigenvalue weighted by atomic mass is 16.6. The molecule has 2 aromatic carbocycles. The molecule has 0 radical (unpaired) electrons. The summed E-state index contributed by atoms with van der Waals surface area (Å²) in [6.07, 6.45) is 1.34. The van der Waals surface area contributed by atoms with E-state index in [1.165, 1.54) is 55.8 Å². The molecule has 0 unspecified atom stereocenters. The van der Waals surface area contributed by atoms with Crippen LogP contribution in [-0.2, 0) is 0 Å². The van der Waals surface area contributed by atoms with Gasteiger partial charge in [-0.15, -0.1) is 0 Å². The van der Waals surface area contributed by atoms with Crippen LogP contribution < -0.4 is 10.2 Å². The minimum Gasteiger partial charge on any atom is -0.507 e. The number of hydrazone groups is 1. The van der Waals surface area contributed by atoms with Crippen LogP contribution in [-0.4, -0.2) is 29.3 Å². The largest absolute Gasteiger partial charge is 0.507 e. The number of rotatable bonds is 5. The fraction of sp³-hybridized carbons (Fsp3) is 0.0667. The lowest BCUT2D eigenvalue weighted by atomic mass is 10.2. The van der Waals surface area contributed by atoms with Crippen molar-refractivity contribution in [3.8, 4) is 11.5 Å². The van der Waals surface area contributed by atoms with E-state index in [9.17, 15) is 20.0 Å². The molecule has 118 valence electrons. The van der Waals surface area contributed by atoms with E-state index in [1.54, 1.807) is 0 Å². The standard InChI is InChI=1S/C15H13N3O5/c1-23-12-6-7-13(14(19)8-12)15(20)17-16-9-10-2-4-11(5-3-10)18(21)22/h2-9,19H,1H3,(H,17,20)/b16-9-. The second-order valence-electron chi connectivity index (χ2n) is 4.43. The minimum absolute atomic E-state index is 0.0330. The molecule has 8 nitrogen and oxygen atoms in total. The number of carbonyl (C=O) groups is 1. The number of non-ortho nitro benzene ring substituents is 1. The molecule has 2 aromatic rings. The Hall–Kier alpha value is -3.42. The number of amides is 1. The Morgan fingerprint density at radius 1 is 1.30 bits per heavy atom. The van der Waals surface area contributed by atoms with Gasteiger partial charge >= 0.3 is 0 Å². The third-order valence-electron chi connectivity index (χ3n) is 2.93. The van der Waals surface area contributed by atoms with Gasteiger partial charge in [-0.25, -0.2) is 5.43 Å². The van der Waals surface area contributed by atoms with Crippen molar-refractivity contribution in [2.24, 2.45) is 5.10 Å². The number of nitro benzene ring substituents is 1. The molecule has 0 aromatic heterocycles. The molecule has 0 fully saturated rings. The highest BCUT2D eigenvalue weighted by Gasteiger charge is 2.11. The highest BCUT2D eigenvalue weighted by molar-refractivity contribution is 5.97. The van der Waals surface area contributed by atoms with Crippen molar-refractivity contribution in [3.05, 3.63) is 63.7 Å². The van der Waals surface area contributed by atoms with Crippen molar-refractivity contribution in [1.82, 2.24) is 5.43 Å². The summed E-state index contributed by atoms with van der Waals surface area (Å²) >= 11 is 0. The van der Waals surface area contributed by atoms with E-state index in [0.717, 1.165) is 0 Å². The molecule has 2 rings (SSSR count). The van der Waals surface area contributed by atoms with E-state index in [2.05, 4.69) is 10.5 Å². The van der Waals surface area contributed by atoms with Gasteiger partial charge < -0.3 is 9.84 Å². The van der Waals surface area contributed by atoms with Gasteiger partial charge in [-0.1, -0.05) is 0 Å². The topological polar surface area (TPSA) is 114 Å². The lowest BCUT2D eigenvalue weighted by molar-refractivity contribution is -0.384. The third kappa shape index (κ3) is 4.03. The molecule has 2 N–H and O–H groups in total. The number of aromatic hydroxyl groups is 1. The van der Waals surface area contributed by atoms with Crippen LogP contribution in [0, 0.1) is 10.1 Å². The Morgan fingerprint density at radius 2 is 2.00 bits per heavy atom. The summed E-state index contributed by atoms with van der Waals surface area (Å²) in [5, 5.41) is 24.0. The number of hydrogen-bond donors (Lipinski definition) is 2. The Bertz CT molecular complexity index is 756. The first-order valence-corrected chi connectivity index (χ1v) is 6.46. The number of methoxy groups -OCH3 is 1. The van der Waals surface area contributed by atoms with Crippen molar-refractivity contribution < 1.29 is 19.6 Å². The molecule has 0 bridgehead atoms. The number of nitrogens with one attached hydrogen (secondary N) is 1. The van der Waals surface area contributed by atoms with E-state index in [1.807, 2.05) is 0 Å². The van der Waals surface area contributed by atoms with E-state index in [4.69, 9.17) is 4.74 Å². The number of carbonyl (C=O) groups excluding carboxylic acids is 1. The maximum atomic E-state index is 11.9. The number of phenolic OH excluding ortho intramolecular Hbond substituents is 1. The molecule has 0 saturated heterocycles. The first-order valence-electron chi connectivity index (χ1n) is 6.46. The summed E-state index contributed by atoms with van der Waals surface area (Å²) in [5.74, 6) is -0.399. The molecule has 0 heterocycles. The SMILES string of the molecule is COc1ccc(C(=O)N/N=C\c2ccc([N+](=O)[O-])cc2)c(O)c1. The van der Waals surface area contributed by atoms with Crippen LogP contribution in [0.5, 0.6) is 11.5 Å². The predicted octanol–water partition coefficient (Wildman–Crippen LogP) is 2.07. The van der Waals surface area contributed by atoms with E-state index < -0.39 is 10.8 Å². The van der Waals surface area contributed by atoms with Crippen LogP contribution in [0.4, 0.5) is 5.69 Å². The minimum atomic E-state index is -0.594. The molecule has 23 heavy (non-hydrogen) atoms. The van der Waals surface area contributed by atoms with Gasteiger partial charge in [0.15, 0.2) is 0 Å². The zero-order valence-corrected chi connectivity index (χ0v) is 12.1. The fourth-order valence-corrected chi connectivity index (χ4v) is 1.74. The van der Waals surface area contributed by atoms with Gasteiger partial charge in [-0.3, -0.25) is 14.9 Å². The Labute approximate surface area is 131 Å². The van der Waals surface area contributed by atoms with E-state index in [-0.39, 0.29) is 17.0 Å². The van der Waals surface area contributed by atoms with Crippen molar-refractivity contribution in [2.75, 3.05) is 7.11 Å². The third-order valence-corrected chi connectivity index (χ3v) is 2.93. The maximum absolute atomic E-state index is 11.9. The summed E-state index contributed by atoms with van der Waals surface area (Å²) < 4.78 is 4.93. The molecule has 0 aliphatic heterocycles. The van der Waals surface area contributed by atoms with Gasteiger partial charge in [0.25, 0.3) is 11.6 Å². The molecule has 0 saturated carbocycles.